The summed E-state index contributed by atoms with van der Waals surface area (Å²) < 4.78 is 15.2. The normalized spacial score (nSPS) is 16.3. The molecule has 1 unspecified atom stereocenters. The molecule has 0 aromatic heterocycles. The van der Waals surface area contributed by atoms with Crippen LogP contribution in [0.2, 0.25) is 0 Å². The molecule has 0 saturated carbocycles. The minimum absolute atomic E-state index is 0.00163. The first kappa shape index (κ1) is 20.0. The highest BCUT2D eigenvalue weighted by Gasteiger charge is 2.36. The summed E-state index contributed by atoms with van der Waals surface area (Å²) in [5.74, 6) is -0.434. The molecule has 10 nitrogen and oxygen atoms in total. The van der Waals surface area contributed by atoms with Crippen LogP contribution in [0.5, 0.6) is 11.5 Å². The Kier molecular flexibility index (Phi) is 6.22. The van der Waals surface area contributed by atoms with Crippen molar-refractivity contribution in [1.82, 2.24) is 10.6 Å². The Hall–Kier alpha value is -3.30. The van der Waals surface area contributed by atoms with E-state index in [0.29, 0.717) is 18.5 Å². The number of rotatable bonds is 7. The summed E-state index contributed by atoms with van der Waals surface area (Å²) in [6.45, 7) is 1.89. The third kappa shape index (κ3) is 3.94. The summed E-state index contributed by atoms with van der Waals surface area (Å²) in [5.41, 5.74) is 0.492. The number of nitrogens with one attached hydrogen (secondary N) is 2. The molecule has 1 heterocycles. The van der Waals surface area contributed by atoms with Gasteiger partial charge in [0.05, 0.1) is 37.9 Å². The summed E-state index contributed by atoms with van der Waals surface area (Å²) in [5, 5.41) is 16.6. The van der Waals surface area contributed by atoms with Crippen molar-refractivity contribution in [2.45, 2.75) is 25.8 Å². The Morgan fingerprint density at radius 3 is 2.41 bits per heavy atom. The van der Waals surface area contributed by atoms with E-state index in [0.717, 1.165) is 0 Å². The molecular weight excluding hydrogens is 358 g/mol. The van der Waals surface area contributed by atoms with Gasteiger partial charge in [0, 0.05) is 23.4 Å². The van der Waals surface area contributed by atoms with Crippen molar-refractivity contribution in [2.75, 3.05) is 21.3 Å². The first-order valence-electron chi connectivity index (χ1n) is 8.17. The third-order valence-corrected chi connectivity index (χ3v) is 4.10. The zero-order valence-electron chi connectivity index (χ0n) is 15.5. The lowest BCUT2D eigenvalue weighted by Gasteiger charge is -2.30. The average Bonchev–Trinajstić information content (AvgIpc) is 2.65. The molecule has 1 aromatic carbocycles. The molecule has 0 aliphatic carbocycles. The first-order chi connectivity index (χ1) is 12.9. The quantitative estimate of drug-likeness (QED) is 0.422. The molecule has 0 fully saturated rings. The maximum Gasteiger partial charge on any atom is 0.337 e. The number of carbonyl (C=O) groups excluding carboxylic acids is 2. The second-order valence-electron chi connectivity index (χ2n) is 5.69. The van der Waals surface area contributed by atoms with Crippen molar-refractivity contribution in [2.24, 2.45) is 0 Å². The lowest BCUT2D eigenvalue weighted by atomic mass is 9.92. The molecule has 2 amide bonds. The number of allylic oxidation sites excluding steroid dienone is 1. The van der Waals surface area contributed by atoms with Crippen LogP contribution in [0.4, 0.5) is 10.5 Å². The van der Waals surface area contributed by atoms with E-state index in [-0.39, 0.29) is 28.3 Å². The van der Waals surface area contributed by atoms with Gasteiger partial charge in [-0.05, 0) is 6.42 Å². The highest BCUT2D eigenvalue weighted by Crippen LogP contribution is 2.41. The zero-order valence-corrected chi connectivity index (χ0v) is 15.5. The van der Waals surface area contributed by atoms with Crippen LogP contribution in [0.25, 0.3) is 0 Å². The second-order valence-corrected chi connectivity index (χ2v) is 5.69. The molecular formula is C17H21N3O7. The molecule has 27 heavy (non-hydrogen) atoms. The van der Waals surface area contributed by atoms with Crippen molar-refractivity contribution in [3.63, 3.8) is 0 Å². The van der Waals surface area contributed by atoms with Gasteiger partial charge in [0.1, 0.15) is 5.75 Å². The standard InChI is InChI=1S/C17H21N3O7/c1-5-6-10-14(16(21)27-4)15(19-17(22)18-10)9-7-11(20(23)24)13(26-3)8-12(9)25-2/h7-8,15H,5-6H2,1-4H3,(H2,18,19,22). The Balaban J connectivity index is 2.73. The number of benzene rings is 1. The van der Waals surface area contributed by atoms with Gasteiger partial charge in [-0.2, -0.15) is 0 Å². The maximum absolute atomic E-state index is 12.4. The number of amides is 2. The number of nitro benzene ring substituents is 1. The molecule has 0 radical (unpaired) electrons. The van der Waals surface area contributed by atoms with E-state index in [4.69, 9.17) is 14.2 Å². The van der Waals surface area contributed by atoms with Crippen molar-refractivity contribution in [1.29, 1.82) is 0 Å². The summed E-state index contributed by atoms with van der Waals surface area (Å²) in [7, 11) is 3.90. The number of nitro groups is 1. The molecule has 0 spiro atoms. The van der Waals surface area contributed by atoms with E-state index in [1.807, 2.05) is 6.92 Å². The fourth-order valence-corrected chi connectivity index (χ4v) is 2.92. The summed E-state index contributed by atoms with van der Waals surface area (Å²) in [6, 6.07) is 1.06. The number of hydrogen-bond donors (Lipinski definition) is 2. The molecule has 0 saturated heterocycles. The van der Waals surface area contributed by atoms with Crippen LogP contribution in [-0.2, 0) is 9.53 Å². The van der Waals surface area contributed by atoms with Gasteiger partial charge in [-0.15, -0.1) is 0 Å². The van der Waals surface area contributed by atoms with Crippen LogP contribution < -0.4 is 20.1 Å². The monoisotopic (exact) mass is 379 g/mol. The van der Waals surface area contributed by atoms with Crippen molar-refractivity contribution >= 4 is 17.7 Å². The van der Waals surface area contributed by atoms with Crippen LogP contribution >= 0.6 is 0 Å². The van der Waals surface area contributed by atoms with Crippen LogP contribution in [0, 0.1) is 10.1 Å². The lowest BCUT2D eigenvalue weighted by Crippen LogP contribution is -2.46. The number of urea groups is 1. The first-order valence-corrected chi connectivity index (χ1v) is 8.17. The Labute approximate surface area is 155 Å². The van der Waals surface area contributed by atoms with Crippen LogP contribution in [0.15, 0.2) is 23.4 Å². The van der Waals surface area contributed by atoms with E-state index >= 15 is 0 Å². The minimum atomic E-state index is -0.979. The van der Waals surface area contributed by atoms with E-state index in [2.05, 4.69) is 10.6 Å². The number of hydrogen-bond acceptors (Lipinski definition) is 7. The second kappa shape index (κ2) is 8.39. The molecule has 1 aromatic rings. The van der Waals surface area contributed by atoms with Crippen molar-refractivity contribution in [3.05, 3.63) is 39.1 Å². The summed E-state index contributed by atoms with van der Waals surface area (Å²) in [6.07, 6.45) is 1.09. The number of esters is 1. The Morgan fingerprint density at radius 1 is 1.22 bits per heavy atom. The molecule has 1 aliphatic rings. The van der Waals surface area contributed by atoms with E-state index in [1.165, 1.54) is 33.5 Å². The van der Waals surface area contributed by atoms with Gasteiger partial charge in [-0.1, -0.05) is 13.3 Å². The van der Waals surface area contributed by atoms with Crippen molar-refractivity contribution < 1.29 is 28.7 Å². The molecule has 1 aliphatic heterocycles. The van der Waals surface area contributed by atoms with E-state index in [1.54, 1.807) is 0 Å². The van der Waals surface area contributed by atoms with Crippen LogP contribution in [0.1, 0.15) is 31.4 Å². The van der Waals surface area contributed by atoms with Crippen LogP contribution in [-0.4, -0.2) is 38.3 Å². The molecule has 0 bridgehead atoms. The molecule has 2 rings (SSSR count). The number of carbonyl (C=O) groups is 2. The predicted octanol–water partition coefficient (Wildman–Crippen LogP) is 2.19. The fourth-order valence-electron chi connectivity index (χ4n) is 2.92. The maximum atomic E-state index is 12.4. The van der Waals surface area contributed by atoms with Gasteiger partial charge in [0.15, 0.2) is 0 Å². The smallest absolute Gasteiger partial charge is 0.337 e. The van der Waals surface area contributed by atoms with Gasteiger partial charge in [0.25, 0.3) is 0 Å². The topological polar surface area (TPSA) is 129 Å². The van der Waals surface area contributed by atoms with Crippen LogP contribution in [0.3, 0.4) is 0 Å². The predicted molar refractivity (Wildman–Crippen MR) is 94.6 cm³/mol. The van der Waals surface area contributed by atoms with Gasteiger partial charge >= 0.3 is 17.7 Å². The minimum Gasteiger partial charge on any atom is -0.496 e. The number of nitrogens with zero attached hydrogens (tertiary/aromatic N) is 1. The third-order valence-electron chi connectivity index (χ3n) is 4.10. The molecule has 1 atom stereocenters. The zero-order chi connectivity index (χ0) is 20.1. The number of ether oxygens (including phenoxy) is 3. The SMILES string of the molecule is CCCC1=C(C(=O)OC)C(c2cc([N+](=O)[O-])c(OC)cc2OC)NC(=O)N1. The van der Waals surface area contributed by atoms with Gasteiger partial charge in [0.2, 0.25) is 5.75 Å². The molecule has 2 N–H and O–H groups in total. The average molecular weight is 379 g/mol. The van der Waals surface area contributed by atoms with Crippen molar-refractivity contribution in [3.8, 4) is 11.5 Å². The Morgan fingerprint density at radius 2 is 1.89 bits per heavy atom. The Bertz CT molecular complexity index is 804. The van der Waals surface area contributed by atoms with Gasteiger partial charge in [-0.3, -0.25) is 10.1 Å². The molecule has 146 valence electrons. The number of methoxy groups -OCH3 is 3. The van der Waals surface area contributed by atoms with Gasteiger partial charge < -0.3 is 24.8 Å². The summed E-state index contributed by atoms with van der Waals surface area (Å²) in [4.78, 5) is 35.3. The van der Waals surface area contributed by atoms with E-state index in [9.17, 15) is 19.7 Å². The highest BCUT2D eigenvalue weighted by molar-refractivity contribution is 5.95. The van der Waals surface area contributed by atoms with E-state index < -0.39 is 23.0 Å². The summed E-state index contributed by atoms with van der Waals surface area (Å²) >= 11 is 0. The van der Waals surface area contributed by atoms with Gasteiger partial charge in [-0.25, -0.2) is 9.59 Å². The molecule has 10 heteroatoms. The highest BCUT2D eigenvalue weighted by atomic mass is 16.6. The lowest BCUT2D eigenvalue weighted by molar-refractivity contribution is -0.385. The largest absolute Gasteiger partial charge is 0.496 e. The fraction of sp³-hybridized carbons (Fsp3) is 0.412.